The Morgan fingerprint density at radius 1 is 1.07 bits per heavy atom. The van der Waals surface area contributed by atoms with Gasteiger partial charge < -0.3 is 5.32 Å². The first kappa shape index (κ1) is 12.3. The molecule has 0 spiro atoms. The zero-order valence-corrected chi connectivity index (χ0v) is 10.2. The molecule has 0 aromatic heterocycles. The Hall–Kier alpha value is -0.820. The molecule has 0 heterocycles. The van der Waals surface area contributed by atoms with E-state index in [4.69, 9.17) is 0 Å². The van der Waals surface area contributed by atoms with Crippen molar-refractivity contribution in [2.75, 3.05) is 6.54 Å². The van der Waals surface area contributed by atoms with Crippen molar-refractivity contribution in [3.63, 3.8) is 0 Å². The van der Waals surface area contributed by atoms with Crippen molar-refractivity contribution in [3.05, 3.63) is 35.4 Å². The molecule has 0 aliphatic heterocycles. The molecule has 0 amide bonds. The van der Waals surface area contributed by atoms with Crippen LogP contribution in [-0.4, -0.2) is 6.54 Å². The van der Waals surface area contributed by atoms with E-state index in [1.807, 2.05) is 0 Å². The van der Waals surface area contributed by atoms with Gasteiger partial charge in [0.25, 0.3) is 0 Å². The molecule has 1 heteroatoms. The van der Waals surface area contributed by atoms with E-state index in [9.17, 15) is 0 Å². The van der Waals surface area contributed by atoms with Crippen LogP contribution in [0.25, 0.3) is 0 Å². The first-order chi connectivity index (χ1) is 7.27. The second-order valence-electron chi connectivity index (χ2n) is 4.17. The van der Waals surface area contributed by atoms with Crippen molar-refractivity contribution in [1.29, 1.82) is 0 Å². The summed E-state index contributed by atoms with van der Waals surface area (Å²) in [6, 6.07) is 9.48. The minimum atomic E-state index is 0.473. The lowest BCUT2D eigenvalue weighted by molar-refractivity contribution is 0.570. The second kappa shape index (κ2) is 6.62. The van der Waals surface area contributed by atoms with Gasteiger partial charge in [-0.25, -0.2) is 0 Å². The topological polar surface area (TPSA) is 12.0 Å². The van der Waals surface area contributed by atoms with E-state index in [1.165, 1.54) is 30.4 Å². The summed E-state index contributed by atoms with van der Waals surface area (Å²) >= 11 is 0. The quantitative estimate of drug-likeness (QED) is 0.746. The van der Waals surface area contributed by atoms with Crippen molar-refractivity contribution >= 4 is 0 Å². The van der Waals surface area contributed by atoms with Crippen LogP contribution in [0, 0.1) is 0 Å². The Morgan fingerprint density at radius 3 is 2.27 bits per heavy atom. The van der Waals surface area contributed by atoms with Gasteiger partial charge in [0.05, 0.1) is 0 Å². The lowest BCUT2D eigenvalue weighted by atomic mass is 10.0. The monoisotopic (exact) mass is 205 g/mol. The highest BCUT2D eigenvalue weighted by molar-refractivity contribution is 5.24. The van der Waals surface area contributed by atoms with Crippen molar-refractivity contribution in [1.82, 2.24) is 5.32 Å². The van der Waals surface area contributed by atoms with Crippen LogP contribution < -0.4 is 5.32 Å². The van der Waals surface area contributed by atoms with Crippen LogP contribution >= 0.6 is 0 Å². The molecule has 0 fully saturated rings. The lowest BCUT2D eigenvalue weighted by Gasteiger charge is -2.13. The zero-order valence-electron chi connectivity index (χ0n) is 10.2. The average Bonchev–Trinajstić information content (AvgIpc) is 2.27. The molecular formula is C14H23N. The molecule has 15 heavy (non-hydrogen) atoms. The molecule has 1 nitrogen and oxygen atoms in total. The molecule has 1 aromatic rings. The zero-order chi connectivity index (χ0) is 11.1. The average molecular weight is 205 g/mol. The van der Waals surface area contributed by atoms with Gasteiger partial charge in [-0.2, -0.15) is 0 Å². The van der Waals surface area contributed by atoms with E-state index in [-0.39, 0.29) is 0 Å². The first-order valence-corrected chi connectivity index (χ1v) is 6.10. The highest BCUT2D eigenvalue weighted by Crippen LogP contribution is 2.14. The van der Waals surface area contributed by atoms with Gasteiger partial charge in [-0.1, -0.05) is 44.5 Å². The number of rotatable bonds is 6. The number of nitrogens with one attached hydrogen (secondary N) is 1. The third-order valence-electron chi connectivity index (χ3n) is 2.72. The maximum absolute atomic E-state index is 3.50. The van der Waals surface area contributed by atoms with Gasteiger partial charge >= 0.3 is 0 Å². The first-order valence-electron chi connectivity index (χ1n) is 6.10. The van der Waals surface area contributed by atoms with Gasteiger partial charge in [0, 0.05) is 6.04 Å². The summed E-state index contributed by atoms with van der Waals surface area (Å²) in [7, 11) is 0. The van der Waals surface area contributed by atoms with E-state index in [2.05, 4.69) is 50.4 Å². The Labute approximate surface area is 93.9 Å². The van der Waals surface area contributed by atoms with Gasteiger partial charge in [0.15, 0.2) is 0 Å². The van der Waals surface area contributed by atoms with Crippen LogP contribution in [0.4, 0.5) is 0 Å². The summed E-state index contributed by atoms with van der Waals surface area (Å²) in [6.07, 6.45) is 3.61. The van der Waals surface area contributed by atoms with E-state index in [0.717, 1.165) is 6.54 Å². The second-order valence-corrected chi connectivity index (χ2v) is 4.17. The van der Waals surface area contributed by atoms with E-state index in [0.29, 0.717) is 6.04 Å². The van der Waals surface area contributed by atoms with Gasteiger partial charge in [0.1, 0.15) is 0 Å². The predicted molar refractivity (Wildman–Crippen MR) is 67.1 cm³/mol. The Balaban J connectivity index is 2.54. The predicted octanol–water partition coefficient (Wildman–Crippen LogP) is 3.70. The van der Waals surface area contributed by atoms with E-state index < -0.39 is 0 Å². The summed E-state index contributed by atoms with van der Waals surface area (Å²) in [5.74, 6) is 0. The Bertz CT molecular complexity index is 263. The Morgan fingerprint density at radius 2 is 1.73 bits per heavy atom. The van der Waals surface area contributed by atoms with Crippen LogP contribution in [0.3, 0.4) is 0 Å². The maximum Gasteiger partial charge on any atom is 0.0291 e. The summed E-state index contributed by atoms with van der Waals surface area (Å²) in [6.45, 7) is 7.74. The molecule has 0 aliphatic carbocycles. The molecule has 0 radical (unpaired) electrons. The maximum atomic E-state index is 3.50. The fourth-order valence-electron chi connectivity index (χ4n) is 1.74. The molecular weight excluding hydrogens is 182 g/mol. The Kier molecular flexibility index (Phi) is 5.41. The summed E-state index contributed by atoms with van der Waals surface area (Å²) in [5.41, 5.74) is 2.84. The third-order valence-corrected chi connectivity index (χ3v) is 2.72. The van der Waals surface area contributed by atoms with E-state index >= 15 is 0 Å². The van der Waals surface area contributed by atoms with Crippen LogP contribution in [0.5, 0.6) is 0 Å². The molecule has 0 bridgehead atoms. The van der Waals surface area contributed by atoms with Gasteiger partial charge in [-0.05, 0) is 37.4 Å². The minimum Gasteiger partial charge on any atom is -0.310 e. The highest BCUT2D eigenvalue weighted by atomic mass is 14.9. The number of benzene rings is 1. The number of hydrogen-bond donors (Lipinski definition) is 1. The normalized spacial score (nSPS) is 12.7. The molecule has 0 aliphatic rings. The number of aryl methyl sites for hydroxylation is 1. The molecule has 0 saturated heterocycles. The fourth-order valence-corrected chi connectivity index (χ4v) is 1.74. The van der Waals surface area contributed by atoms with E-state index in [1.54, 1.807) is 0 Å². The van der Waals surface area contributed by atoms with Gasteiger partial charge in [0.2, 0.25) is 0 Å². The molecule has 1 atom stereocenters. The largest absolute Gasteiger partial charge is 0.310 e. The SMILES string of the molecule is CCCN[C@H](C)c1ccc(CCC)cc1. The molecule has 0 unspecified atom stereocenters. The van der Waals surface area contributed by atoms with Crippen LogP contribution in [0.15, 0.2) is 24.3 Å². The fraction of sp³-hybridized carbons (Fsp3) is 0.571. The molecule has 1 aromatic carbocycles. The van der Waals surface area contributed by atoms with Crippen LogP contribution in [0.2, 0.25) is 0 Å². The number of hydrogen-bond acceptors (Lipinski definition) is 1. The molecule has 1 N–H and O–H groups in total. The third kappa shape index (κ3) is 4.05. The summed E-state index contributed by atoms with van der Waals surface area (Å²) in [5, 5.41) is 3.50. The van der Waals surface area contributed by atoms with Crippen molar-refractivity contribution in [2.24, 2.45) is 0 Å². The van der Waals surface area contributed by atoms with Crippen molar-refractivity contribution in [2.45, 2.75) is 46.1 Å². The molecule has 0 saturated carbocycles. The molecule has 1 rings (SSSR count). The lowest BCUT2D eigenvalue weighted by Crippen LogP contribution is -2.19. The smallest absolute Gasteiger partial charge is 0.0291 e. The van der Waals surface area contributed by atoms with Crippen LogP contribution in [0.1, 0.15) is 50.8 Å². The van der Waals surface area contributed by atoms with Crippen LogP contribution in [-0.2, 0) is 6.42 Å². The van der Waals surface area contributed by atoms with Crippen molar-refractivity contribution in [3.8, 4) is 0 Å². The standard InChI is InChI=1S/C14H23N/c1-4-6-13-7-9-14(10-8-13)12(3)15-11-5-2/h7-10,12,15H,4-6,11H2,1-3H3/t12-/m1/s1. The van der Waals surface area contributed by atoms with Gasteiger partial charge in [-0.15, -0.1) is 0 Å². The summed E-state index contributed by atoms with van der Waals surface area (Å²) in [4.78, 5) is 0. The van der Waals surface area contributed by atoms with Gasteiger partial charge in [-0.3, -0.25) is 0 Å². The molecule has 84 valence electrons. The minimum absolute atomic E-state index is 0.473. The highest BCUT2D eigenvalue weighted by Gasteiger charge is 2.02. The summed E-state index contributed by atoms with van der Waals surface area (Å²) < 4.78 is 0. The van der Waals surface area contributed by atoms with Crippen molar-refractivity contribution < 1.29 is 0 Å².